The van der Waals surface area contributed by atoms with Crippen molar-refractivity contribution in [1.29, 1.82) is 0 Å². The molecule has 2 aromatic rings. The van der Waals surface area contributed by atoms with Gasteiger partial charge in [0, 0.05) is 37.9 Å². The first-order valence-electron chi connectivity index (χ1n) is 10.5. The zero-order valence-electron chi connectivity index (χ0n) is 18.3. The third kappa shape index (κ3) is 6.36. The third-order valence-electron chi connectivity index (χ3n) is 5.11. The van der Waals surface area contributed by atoms with Crippen LogP contribution in [0.5, 0.6) is 11.5 Å². The first-order valence-corrected chi connectivity index (χ1v) is 10.5. The van der Waals surface area contributed by atoms with Gasteiger partial charge in [-0.2, -0.15) is 0 Å². The van der Waals surface area contributed by atoms with Gasteiger partial charge in [-0.3, -0.25) is 4.79 Å². The fraction of sp³-hybridized carbons (Fsp3) is 0.391. The molecular formula is C23H30N4O4. The quantitative estimate of drug-likeness (QED) is 0.638. The highest BCUT2D eigenvalue weighted by Crippen LogP contribution is 2.32. The van der Waals surface area contributed by atoms with Gasteiger partial charge in [-0.15, -0.1) is 0 Å². The summed E-state index contributed by atoms with van der Waals surface area (Å²) in [5, 5.41) is 5.68. The number of fused-ring (bicyclic) bond motifs is 1. The number of benzene rings is 2. The molecule has 1 aliphatic heterocycles. The molecule has 31 heavy (non-hydrogen) atoms. The molecule has 0 aromatic heterocycles. The van der Waals surface area contributed by atoms with Gasteiger partial charge in [0.2, 0.25) is 12.7 Å². The molecule has 0 saturated heterocycles. The molecule has 166 valence electrons. The van der Waals surface area contributed by atoms with Crippen molar-refractivity contribution in [3.63, 3.8) is 0 Å². The van der Waals surface area contributed by atoms with Crippen molar-refractivity contribution in [2.75, 3.05) is 43.6 Å². The number of urea groups is 1. The van der Waals surface area contributed by atoms with Crippen molar-refractivity contribution < 1.29 is 19.1 Å². The highest BCUT2D eigenvalue weighted by molar-refractivity contribution is 5.92. The van der Waals surface area contributed by atoms with E-state index in [4.69, 9.17) is 9.47 Å². The number of nitrogens with zero attached hydrogens (tertiary/aromatic N) is 2. The second-order valence-electron chi connectivity index (χ2n) is 7.33. The Bertz CT molecular complexity index is 914. The lowest BCUT2D eigenvalue weighted by atomic mass is 10.2. The average molecular weight is 427 g/mol. The highest BCUT2D eigenvalue weighted by atomic mass is 16.7. The van der Waals surface area contributed by atoms with Gasteiger partial charge in [-0.1, -0.05) is 26.0 Å². The van der Waals surface area contributed by atoms with Crippen molar-refractivity contribution in [3.05, 3.63) is 48.0 Å². The number of likely N-dealkylation sites (N-methyl/N-ethyl adjacent to an activating group) is 1. The Hall–Kier alpha value is -3.26. The number of nitrogens with one attached hydrogen (secondary N) is 2. The first-order chi connectivity index (χ1) is 15.0. The maximum Gasteiger partial charge on any atom is 0.322 e. The molecule has 1 aliphatic rings. The Morgan fingerprint density at radius 3 is 2.35 bits per heavy atom. The topological polar surface area (TPSA) is 83.1 Å². The Kier molecular flexibility index (Phi) is 7.72. The van der Waals surface area contributed by atoms with E-state index in [1.54, 1.807) is 29.2 Å². The minimum absolute atomic E-state index is 0.160. The summed E-state index contributed by atoms with van der Waals surface area (Å²) in [4.78, 5) is 28.5. The second-order valence-corrected chi connectivity index (χ2v) is 7.33. The summed E-state index contributed by atoms with van der Waals surface area (Å²) >= 11 is 0. The zero-order chi connectivity index (χ0) is 22.2. The van der Waals surface area contributed by atoms with E-state index in [9.17, 15) is 9.59 Å². The Balaban J connectivity index is 1.73. The number of ether oxygens (including phenoxy) is 2. The van der Waals surface area contributed by atoms with Crippen molar-refractivity contribution in [2.24, 2.45) is 0 Å². The summed E-state index contributed by atoms with van der Waals surface area (Å²) in [6.07, 6.45) is 0. The van der Waals surface area contributed by atoms with E-state index >= 15 is 0 Å². The fourth-order valence-electron chi connectivity index (χ4n) is 3.39. The third-order valence-corrected chi connectivity index (χ3v) is 5.11. The Morgan fingerprint density at radius 2 is 1.65 bits per heavy atom. The van der Waals surface area contributed by atoms with Gasteiger partial charge in [-0.05, 0) is 49.0 Å². The van der Waals surface area contributed by atoms with E-state index in [1.807, 2.05) is 18.2 Å². The number of amides is 3. The molecule has 8 heteroatoms. The number of carbonyl (C=O) groups excluding carboxylic acids is 2. The molecule has 0 fully saturated rings. The number of rotatable bonds is 9. The largest absolute Gasteiger partial charge is 0.454 e. The van der Waals surface area contributed by atoms with Crippen molar-refractivity contribution in [2.45, 2.75) is 27.3 Å². The molecule has 0 unspecified atom stereocenters. The van der Waals surface area contributed by atoms with Crippen LogP contribution in [0.3, 0.4) is 0 Å². The van der Waals surface area contributed by atoms with Crippen LogP contribution in [0.4, 0.5) is 16.2 Å². The summed E-state index contributed by atoms with van der Waals surface area (Å²) in [5.74, 6) is 1.26. The van der Waals surface area contributed by atoms with Gasteiger partial charge in [-0.25, -0.2) is 4.79 Å². The molecular weight excluding hydrogens is 396 g/mol. The van der Waals surface area contributed by atoms with Crippen LogP contribution in [0, 0.1) is 0 Å². The van der Waals surface area contributed by atoms with E-state index in [2.05, 4.69) is 29.4 Å². The molecule has 0 bridgehead atoms. The van der Waals surface area contributed by atoms with E-state index < -0.39 is 0 Å². The summed E-state index contributed by atoms with van der Waals surface area (Å²) in [6, 6.07) is 12.6. The van der Waals surface area contributed by atoms with Gasteiger partial charge < -0.3 is 29.9 Å². The summed E-state index contributed by atoms with van der Waals surface area (Å²) in [7, 11) is 0. The van der Waals surface area contributed by atoms with Gasteiger partial charge in [0.25, 0.3) is 0 Å². The SMILES string of the molecule is CCN(CC)CCN(Cc1ccc2c(c1)OCO2)C(=O)Nc1cccc(NC(C)=O)c1. The standard InChI is InChI=1S/C23H30N4O4/c1-4-26(5-2)11-12-27(15-18-9-10-21-22(13-18)31-16-30-21)23(29)25-20-8-6-7-19(14-20)24-17(3)28/h6-10,13-14H,4-5,11-12,15-16H2,1-3H3,(H,24,28)(H,25,29). The van der Waals surface area contributed by atoms with Crippen LogP contribution in [0.2, 0.25) is 0 Å². The molecule has 3 rings (SSSR count). The van der Waals surface area contributed by atoms with Crippen LogP contribution in [0.1, 0.15) is 26.3 Å². The van der Waals surface area contributed by atoms with Crippen LogP contribution < -0.4 is 20.1 Å². The lowest BCUT2D eigenvalue weighted by Gasteiger charge is -2.27. The van der Waals surface area contributed by atoms with E-state index in [0.29, 0.717) is 30.2 Å². The molecule has 2 aromatic carbocycles. The molecule has 0 spiro atoms. The Labute approximate surface area is 183 Å². The van der Waals surface area contributed by atoms with Crippen LogP contribution in [-0.2, 0) is 11.3 Å². The number of carbonyl (C=O) groups is 2. The molecule has 3 amide bonds. The monoisotopic (exact) mass is 426 g/mol. The van der Waals surface area contributed by atoms with Crippen LogP contribution in [0.25, 0.3) is 0 Å². The van der Waals surface area contributed by atoms with Crippen LogP contribution in [-0.4, -0.2) is 54.7 Å². The molecule has 8 nitrogen and oxygen atoms in total. The lowest BCUT2D eigenvalue weighted by molar-refractivity contribution is -0.114. The van der Waals surface area contributed by atoms with Gasteiger partial charge in [0.1, 0.15) is 0 Å². The van der Waals surface area contributed by atoms with Gasteiger partial charge in [0.15, 0.2) is 11.5 Å². The maximum absolute atomic E-state index is 13.1. The second kappa shape index (κ2) is 10.7. The minimum atomic E-state index is -0.204. The lowest BCUT2D eigenvalue weighted by Crippen LogP contribution is -2.40. The smallest absolute Gasteiger partial charge is 0.322 e. The number of hydrogen-bond donors (Lipinski definition) is 2. The molecule has 0 aliphatic carbocycles. The number of hydrogen-bond acceptors (Lipinski definition) is 5. The van der Waals surface area contributed by atoms with Crippen molar-refractivity contribution >= 4 is 23.3 Å². The summed E-state index contributed by atoms with van der Waals surface area (Å²) in [6.45, 7) is 9.53. The van der Waals surface area contributed by atoms with Crippen LogP contribution in [0.15, 0.2) is 42.5 Å². The molecule has 1 heterocycles. The van der Waals surface area contributed by atoms with Crippen LogP contribution >= 0.6 is 0 Å². The molecule has 2 N–H and O–H groups in total. The first kappa shape index (κ1) is 22.4. The normalized spacial score (nSPS) is 12.0. The van der Waals surface area contributed by atoms with Gasteiger partial charge in [0.05, 0.1) is 0 Å². The summed E-state index contributed by atoms with van der Waals surface area (Å²) in [5.41, 5.74) is 2.22. The Morgan fingerprint density at radius 1 is 0.935 bits per heavy atom. The molecule has 0 saturated carbocycles. The predicted octanol–water partition coefficient (Wildman–Crippen LogP) is 3.75. The van der Waals surface area contributed by atoms with Crippen molar-refractivity contribution in [3.8, 4) is 11.5 Å². The summed E-state index contributed by atoms with van der Waals surface area (Å²) < 4.78 is 10.9. The molecule has 0 atom stereocenters. The van der Waals surface area contributed by atoms with E-state index in [-0.39, 0.29) is 18.7 Å². The fourth-order valence-corrected chi connectivity index (χ4v) is 3.39. The number of anilines is 2. The zero-order valence-corrected chi connectivity index (χ0v) is 18.3. The maximum atomic E-state index is 13.1. The predicted molar refractivity (Wildman–Crippen MR) is 121 cm³/mol. The van der Waals surface area contributed by atoms with Gasteiger partial charge >= 0.3 is 6.03 Å². The average Bonchev–Trinajstić information content (AvgIpc) is 3.21. The van der Waals surface area contributed by atoms with Crippen molar-refractivity contribution in [1.82, 2.24) is 9.80 Å². The van der Waals surface area contributed by atoms with E-state index in [0.717, 1.165) is 30.9 Å². The molecule has 0 radical (unpaired) electrons. The minimum Gasteiger partial charge on any atom is -0.454 e. The van der Waals surface area contributed by atoms with E-state index in [1.165, 1.54) is 6.92 Å². The highest BCUT2D eigenvalue weighted by Gasteiger charge is 2.18.